The van der Waals surface area contributed by atoms with Crippen LogP contribution in [0.3, 0.4) is 0 Å². The first-order chi connectivity index (χ1) is 12.5. The average molecular weight is 433 g/mol. The summed E-state index contributed by atoms with van der Waals surface area (Å²) in [6.45, 7) is 4.29. The smallest absolute Gasteiger partial charge is 0.260 e. The maximum atomic E-state index is 12.2. The maximum absolute atomic E-state index is 12.2. The molecule has 2 aromatic rings. The fourth-order valence-corrected chi connectivity index (χ4v) is 3.72. The van der Waals surface area contributed by atoms with Crippen LogP contribution in [-0.4, -0.2) is 24.3 Å². The zero-order chi connectivity index (χ0) is 18.9. The van der Waals surface area contributed by atoms with E-state index in [1.54, 1.807) is 18.7 Å². The van der Waals surface area contributed by atoms with Gasteiger partial charge in [-0.2, -0.15) is 17.0 Å². The minimum Gasteiger partial charge on any atom is -0.480 e. The number of halogens is 1. The lowest BCUT2D eigenvalue weighted by Crippen LogP contribution is -2.37. The van der Waals surface area contributed by atoms with Crippen molar-refractivity contribution in [2.45, 2.75) is 25.7 Å². The zero-order valence-corrected chi connectivity index (χ0v) is 17.2. The Labute approximate surface area is 167 Å². The number of hydrogen-bond donors (Lipinski definition) is 1. The van der Waals surface area contributed by atoms with Crippen LogP contribution in [0.25, 0.3) is 0 Å². The molecule has 1 unspecified atom stereocenters. The van der Waals surface area contributed by atoms with Gasteiger partial charge in [0.25, 0.3) is 5.91 Å². The second-order valence-electron chi connectivity index (χ2n) is 5.81. The predicted molar refractivity (Wildman–Crippen MR) is 109 cm³/mol. The molecule has 1 N–H and O–H groups in total. The summed E-state index contributed by atoms with van der Waals surface area (Å²) in [6.07, 6.45) is -0.571. The number of rotatable bonds is 8. The molecule has 0 bridgehead atoms. The molecule has 0 aliphatic carbocycles. The van der Waals surface area contributed by atoms with Crippen molar-refractivity contribution >= 4 is 33.6 Å². The highest BCUT2D eigenvalue weighted by molar-refractivity contribution is 9.10. The molecule has 1 amide bonds. The van der Waals surface area contributed by atoms with Crippen molar-refractivity contribution in [3.63, 3.8) is 0 Å². The molecule has 0 saturated heterocycles. The Morgan fingerprint density at radius 3 is 2.85 bits per heavy atom. The number of benzene rings is 2. The van der Waals surface area contributed by atoms with Gasteiger partial charge in [-0.3, -0.25) is 4.79 Å². The first-order valence-corrected chi connectivity index (χ1v) is 10.2. The number of ether oxygens (including phenoxy) is 1. The van der Waals surface area contributed by atoms with Crippen molar-refractivity contribution in [1.82, 2.24) is 5.32 Å². The Morgan fingerprint density at radius 1 is 1.35 bits per heavy atom. The van der Waals surface area contributed by atoms with E-state index < -0.39 is 6.10 Å². The van der Waals surface area contributed by atoms with E-state index >= 15 is 0 Å². The Kier molecular flexibility index (Phi) is 8.02. The standard InChI is InChI=1S/C20H21BrN2O2S/c1-14-7-8-19(18(21)11-14)25-15(2)20(24)23-9-10-26-13-17-6-4-3-5-16(17)12-22/h3-8,11,15H,9-10,13H2,1-2H3,(H,23,24). The van der Waals surface area contributed by atoms with E-state index in [-0.39, 0.29) is 5.91 Å². The molecule has 6 heteroatoms. The van der Waals surface area contributed by atoms with Crippen molar-refractivity contribution in [2.75, 3.05) is 12.3 Å². The molecule has 0 aliphatic rings. The lowest BCUT2D eigenvalue weighted by atomic mass is 10.1. The number of carbonyl (C=O) groups excluding carboxylic acids is 1. The first-order valence-electron chi connectivity index (χ1n) is 8.27. The fraction of sp³-hybridized carbons (Fsp3) is 0.300. The minimum absolute atomic E-state index is 0.143. The quantitative estimate of drug-likeness (QED) is 0.625. The Hall–Kier alpha value is -1.97. The predicted octanol–water partition coefficient (Wildman–Crippen LogP) is 4.45. The van der Waals surface area contributed by atoms with E-state index in [1.807, 2.05) is 49.4 Å². The molecule has 0 saturated carbocycles. The van der Waals surface area contributed by atoms with E-state index in [4.69, 9.17) is 10.00 Å². The molecule has 26 heavy (non-hydrogen) atoms. The van der Waals surface area contributed by atoms with Gasteiger partial charge in [-0.05, 0) is 59.1 Å². The largest absolute Gasteiger partial charge is 0.480 e. The van der Waals surface area contributed by atoms with E-state index in [0.717, 1.165) is 27.1 Å². The van der Waals surface area contributed by atoms with Crippen LogP contribution in [0.1, 0.15) is 23.6 Å². The summed E-state index contributed by atoms with van der Waals surface area (Å²) >= 11 is 5.13. The molecule has 2 aromatic carbocycles. The molecule has 0 heterocycles. The van der Waals surface area contributed by atoms with Gasteiger partial charge >= 0.3 is 0 Å². The Bertz CT molecular complexity index is 805. The third-order valence-electron chi connectivity index (χ3n) is 3.70. The highest BCUT2D eigenvalue weighted by Gasteiger charge is 2.15. The van der Waals surface area contributed by atoms with Crippen molar-refractivity contribution in [3.8, 4) is 11.8 Å². The van der Waals surface area contributed by atoms with Crippen molar-refractivity contribution < 1.29 is 9.53 Å². The second-order valence-corrected chi connectivity index (χ2v) is 7.77. The summed E-state index contributed by atoms with van der Waals surface area (Å²) in [5.41, 5.74) is 2.85. The lowest BCUT2D eigenvalue weighted by molar-refractivity contribution is -0.127. The van der Waals surface area contributed by atoms with E-state index in [0.29, 0.717) is 17.9 Å². The molecule has 0 radical (unpaired) electrons. The van der Waals surface area contributed by atoms with Gasteiger partial charge < -0.3 is 10.1 Å². The van der Waals surface area contributed by atoms with Crippen LogP contribution in [0.2, 0.25) is 0 Å². The van der Waals surface area contributed by atoms with E-state index in [2.05, 4.69) is 27.3 Å². The van der Waals surface area contributed by atoms with Gasteiger partial charge in [0.1, 0.15) is 5.75 Å². The second kappa shape index (κ2) is 10.2. The maximum Gasteiger partial charge on any atom is 0.260 e. The molecule has 0 spiro atoms. The molecule has 1 atom stereocenters. The molecule has 0 fully saturated rings. The summed E-state index contributed by atoms with van der Waals surface area (Å²) < 4.78 is 6.55. The van der Waals surface area contributed by atoms with Gasteiger partial charge in [0.15, 0.2) is 6.10 Å². The number of nitriles is 1. The molecule has 0 aliphatic heterocycles. The Morgan fingerprint density at radius 2 is 2.12 bits per heavy atom. The third-order valence-corrected chi connectivity index (χ3v) is 5.33. The number of aryl methyl sites for hydroxylation is 1. The van der Waals surface area contributed by atoms with Gasteiger partial charge in [0.2, 0.25) is 0 Å². The topological polar surface area (TPSA) is 62.1 Å². The highest BCUT2D eigenvalue weighted by Crippen LogP contribution is 2.26. The van der Waals surface area contributed by atoms with Crippen LogP contribution >= 0.6 is 27.7 Å². The van der Waals surface area contributed by atoms with Crippen LogP contribution in [-0.2, 0) is 10.5 Å². The summed E-state index contributed by atoms with van der Waals surface area (Å²) in [5.74, 6) is 2.03. The normalized spacial score (nSPS) is 11.5. The van der Waals surface area contributed by atoms with Crippen LogP contribution in [0.5, 0.6) is 5.75 Å². The van der Waals surface area contributed by atoms with E-state index in [9.17, 15) is 4.79 Å². The monoisotopic (exact) mass is 432 g/mol. The summed E-state index contributed by atoms with van der Waals surface area (Å²) in [6, 6.07) is 15.5. The molecule has 4 nitrogen and oxygen atoms in total. The van der Waals surface area contributed by atoms with Gasteiger partial charge in [0.05, 0.1) is 16.1 Å². The van der Waals surface area contributed by atoms with Crippen LogP contribution < -0.4 is 10.1 Å². The molecule has 2 rings (SSSR count). The Balaban J connectivity index is 1.72. The molecule has 136 valence electrons. The third kappa shape index (κ3) is 6.08. The minimum atomic E-state index is -0.571. The average Bonchev–Trinajstić information content (AvgIpc) is 2.63. The fourth-order valence-electron chi connectivity index (χ4n) is 2.27. The summed E-state index contributed by atoms with van der Waals surface area (Å²) in [7, 11) is 0. The number of hydrogen-bond acceptors (Lipinski definition) is 4. The first kappa shape index (κ1) is 20.3. The van der Waals surface area contributed by atoms with Crippen molar-refractivity contribution in [2.24, 2.45) is 0 Å². The lowest BCUT2D eigenvalue weighted by Gasteiger charge is -2.16. The number of carbonyl (C=O) groups is 1. The molecule has 0 aromatic heterocycles. The van der Waals surface area contributed by atoms with Gasteiger partial charge in [-0.15, -0.1) is 0 Å². The highest BCUT2D eigenvalue weighted by atomic mass is 79.9. The van der Waals surface area contributed by atoms with Gasteiger partial charge in [-0.1, -0.05) is 24.3 Å². The van der Waals surface area contributed by atoms with Crippen LogP contribution in [0, 0.1) is 18.3 Å². The SMILES string of the molecule is Cc1ccc(OC(C)C(=O)NCCSCc2ccccc2C#N)c(Br)c1. The summed E-state index contributed by atoms with van der Waals surface area (Å²) in [5, 5.41) is 12.0. The zero-order valence-electron chi connectivity index (χ0n) is 14.8. The van der Waals surface area contributed by atoms with Crippen LogP contribution in [0.4, 0.5) is 0 Å². The number of thioether (sulfide) groups is 1. The number of nitrogens with one attached hydrogen (secondary N) is 1. The number of amides is 1. The van der Waals surface area contributed by atoms with Gasteiger partial charge in [-0.25, -0.2) is 0 Å². The van der Waals surface area contributed by atoms with Crippen molar-refractivity contribution in [1.29, 1.82) is 5.26 Å². The molecular weight excluding hydrogens is 412 g/mol. The van der Waals surface area contributed by atoms with E-state index in [1.165, 1.54) is 0 Å². The van der Waals surface area contributed by atoms with Crippen LogP contribution in [0.15, 0.2) is 46.9 Å². The molecular formula is C20H21BrN2O2S. The summed E-state index contributed by atoms with van der Waals surface area (Å²) in [4.78, 5) is 12.2. The number of nitrogens with zero attached hydrogens (tertiary/aromatic N) is 1. The van der Waals surface area contributed by atoms with Crippen molar-refractivity contribution in [3.05, 3.63) is 63.6 Å². The van der Waals surface area contributed by atoms with Gasteiger partial charge in [0, 0.05) is 18.1 Å².